The van der Waals surface area contributed by atoms with Gasteiger partial charge in [0.1, 0.15) is 29.8 Å². The number of methoxy groups -OCH3 is 1. The zero-order chi connectivity index (χ0) is 24.1. The smallest absolute Gasteiger partial charge is 0.338 e. The van der Waals surface area contributed by atoms with E-state index in [9.17, 15) is 14.4 Å². The molecular formula is C24H22BrFN2O5. The van der Waals surface area contributed by atoms with Crippen molar-refractivity contribution in [3.8, 4) is 17.6 Å². The first-order chi connectivity index (χ1) is 15.8. The zero-order valence-electron chi connectivity index (χ0n) is 18.3. The summed E-state index contributed by atoms with van der Waals surface area (Å²) in [5.41, 5.74) is 7.53. The number of benzene rings is 2. The van der Waals surface area contributed by atoms with Gasteiger partial charge >= 0.3 is 5.97 Å². The van der Waals surface area contributed by atoms with E-state index in [-0.39, 0.29) is 41.8 Å². The lowest BCUT2D eigenvalue weighted by Gasteiger charge is -2.28. The Labute approximate surface area is 199 Å². The number of allylic oxidation sites excluding steroid dienone is 2. The van der Waals surface area contributed by atoms with E-state index >= 15 is 0 Å². The van der Waals surface area contributed by atoms with Crippen molar-refractivity contribution < 1.29 is 28.1 Å². The molecule has 2 aromatic rings. The number of halogens is 2. The van der Waals surface area contributed by atoms with Crippen molar-refractivity contribution in [2.75, 3.05) is 13.7 Å². The third kappa shape index (κ3) is 5.12. The molecule has 0 fully saturated rings. The lowest BCUT2D eigenvalue weighted by molar-refractivity contribution is -0.139. The predicted octanol–water partition coefficient (Wildman–Crippen LogP) is 4.82. The maximum absolute atomic E-state index is 13.1. The summed E-state index contributed by atoms with van der Waals surface area (Å²) in [5, 5.41) is 9.77. The minimum Gasteiger partial charge on any atom is -0.493 e. The van der Waals surface area contributed by atoms with Crippen LogP contribution in [0.1, 0.15) is 30.9 Å². The van der Waals surface area contributed by atoms with Crippen LogP contribution in [0.25, 0.3) is 0 Å². The summed E-state index contributed by atoms with van der Waals surface area (Å²) in [5.74, 6) is -0.828. The number of nitrogens with zero attached hydrogens (tertiary/aromatic N) is 1. The predicted molar refractivity (Wildman–Crippen MR) is 121 cm³/mol. The molecule has 0 amide bonds. The first-order valence-corrected chi connectivity index (χ1v) is 10.8. The summed E-state index contributed by atoms with van der Waals surface area (Å²) >= 11 is 3.52. The molecule has 1 aliphatic rings. The summed E-state index contributed by atoms with van der Waals surface area (Å²) < 4.78 is 35.7. The van der Waals surface area contributed by atoms with Gasteiger partial charge in [-0.3, -0.25) is 0 Å². The van der Waals surface area contributed by atoms with Gasteiger partial charge in [0.2, 0.25) is 5.88 Å². The van der Waals surface area contributed by atoms with Gasteiger partial charge in [0.05, 0.1) is 25.2 Å². The second-order valence-corrected chi connectivity index (χ2v) is 7.91. The number of nitrogens with two attached hydrogens (primary N) is 1. The SMILES string of the molecule is CCOC(=O)C1=C(C)OC(N)=C(C#N)C1c1cc(OC)c(OCc2ccc(F)cc2)cc1Br. The highest BCUT2D eigenvalue weighted by molar-refractivity contribution is 9.10. The molecule has 2 aromatic carbocycles. The monoisotopic (exact) mass is 516 g/mol. The molecule has 33 heavy (non-hydrogen) atoms. The Morgan fingerprint density at radius 2 is 1.97 bits per heavy atom. The Bertz CT molecular complexity index is 1170. The molecule has 0 bridgehead atoms. The highest BCUT2D eigenvalue weighted by Crippen LogP contribution is 2.45. The van der Waals surface area contributed by atoms with Crippen LogP contribution in [0.15, 0.2) is 63.7 Å². The highest BCUT2D eigenvalue weighted by atomic mass is 79.9. The normalized spacial score (nSPS) is 15.6. The Morgan fingerprint density at radius 3 is 2.58 bits per heavy atom. The summed E-state index contributed by atoms with van der Waals surface area (Å²) in [6.45, 7) is 3.62. The molecule has 172 valence electrons. The fraction of sp³-hybridized carbons (Fsp3) is 0.250. The number of hydrogen-bond acceptors (Lipinski definition) is 7. The van der Waals surface area contributed by atoms with Gasteiger partial charge in [-0.15, -0.1) is 0 Å². The second kappa shape index (κ2) is 10.4. The van der Waals surface area contributed by atoms with Gasteiger partial charge in [-0.1, -0.05) is 28.1 Å². The van der Waals surface area contributed by atoms with Crippen LogP contribution >= 0.6 is 15.9 Å². The number of esters is 1. The zero-order valence-corrected chi connectivity index (χ0v) is 19.9. The fourth-order valence-corrected chi connectivity index (χ4v) is 4.00. The van der Waals surface area contributed by atoms with Crippen LogP contribution in [0.2, 0.25) is 0 Å². The Kier molecular flexibility index (Phi) is 7.61. The number of rotatable bonds is 7. The molecule has 1 unspecified atom stereocenters. The van der Waals surface area contributed by atoms with Crippen molar-refractivity contribution in [3.05, 3.63) is 80.6 Å². The number of nitriles is 1. The Balaban J connectivity index is 2.04. The van der Waals surface area contributed by atoms with Crippen molar-refractivity contribution in [1.29, 1.82) is 5.26 Å². The van der Waals surface area contributed by atoms with Crippen molar-refractivity contribution in [2.45, 2.75) is 26.4 Å². The van der Waals surface area contributed by atoms with E-state index in [2.05, 4.69) is 15.9 Å². The van der Waals surface area contributed by atoms with Gasteiger partial charge in [-0.25, -0.2) is 9.18 Å². The molecule has 0 aliphatic carbocycles. The van der Waals surface area contributed by atoms with Gasteiger partial charge in [0.25, 0.3) is 0 Å². The molecule has 1 aliphatic heterocycles. The lowest BCUT2D eigenvalue weighted by Crippen LogP contribution is -2.25. The van der Waals surface area contributed by atoms with Crippen LogP contribution in [0.3, 0.4) is 0 Å². The van der Waals surface area contributed by atoms with E-state index in [4.69, 9.17) is 24.7 Å². The van der Waals surface area contributed by atoms with E-state index in [1.807, 2.05) is 6.07 Å². The van der Waals surface area contributed by atoms with Crippen LogP contribution in [0, 0.1) is 17.1 Å². The number of ether oxygens (including phenoxy) is 4. The van der Waals surface area contributed by atoms with Crippen molar-refractivity contribution in [2.24, 2.45) is 5.73 Å². The minimum absolute atomic E-state index is 0.0754. The summed E-state index contributed by atoms with van der Waals surface area (Å²) in [7, 11) is 1.48. The quantitative estimate of drug-likeness (QED) is 0.526. The van der Waals surface area contributed by atoms with Crippen LogP contribution in [0.4, 0.5) is 4.39 Å². The molecule has 0 aromatic heterocycles. The molecule has 7 nitrogen and oxygen atoms in total. The fourth-order valence-electron chi connectivity index (χ4n) is 3.45. The maximum Gasteiger partial charge on any atom is 0.338 e. The largest absolute Gasteiger partial charge is 0.493 e. The average Bonchev–Trinajstić information content (AvgIpc) is 2.78. The molecule has 0 saturated heterocycles. The number of hydrogen-bond donors (Lipinski definition) is 1. The van der Waals surface area contributed by atoms with E-state index < -0.39 is 11.9 Å². The summed E-state index contributed by atoms with van der Waals surface area (Å²) in [6, 6.07) is 11.3. The van der Waals surface area contributed by atoms with E-state index in [0.717, 1.165) is 5.56 Å². The summed E-state index contributed by atoms with van der Waals surface area (Å²) in [4.78, 5) is 12.7. The van der Waals surface area contributed by atoms with Gasteiger partial charge < -0.3 is 24.7 Å². The van der Waals surface area contributed by atoms with E-state index in [1.165, 1.54) is 19.2 Å². The topological polar surface area (TPSA) is 104 Å². The molecule has 0 radical (unpaired) electrons. The average molecular weight is 517 g/mol. The van der Waals surface area contributed by atoms with Crippen LogP contribution < -0.4 is 15.2 Å². The number of carbonyl (C=O) groups excluding carboxylic acids is 1. The molecule has 1 atom stereocenters. The van der Waals surface area contributed by atoms with Crippen molar-refractivity contribution in [3.63, 3.8) is 0 Å². The molecule has 0 spiro atoms. The Morgan fingerprint density at radius 1 is 1.27 bits per heavy atom. The first-order valence-electron chi connectivity index (χ1n) is 10.0. The lowest BCUT2D eigenvalue weighted by atomic mass is 9.83. The van der Waals surface area contributed by atoms with E-state index in [1.54, 1.807) is 38.1 Å². The third-order valence-electron chi connectivity index (χ3n) is 5.00. The molecule has 2 N–H and O–H groups in total. The molecule has 0 saturated carbocycles. The number of carbonyl (C=O) groups is 1. The maximum atomic E-state index is 13.1. The second-order valence-electron chi connectivity index (χ2n) is 7.05. The van der Waals surface area contributed by atoms with Crippen molar-refractivity contribution >= 4 is 21.9 Å². The van der Waals surface area contributed by atoms with Gasteiger partial charge in [-0.2, -0.15) is 5.26 Å². The van der Waals surface area contributed by atoms with Gasteiger partial charge in [0, 0.05) is 4.47 Å². The van der Waals surface area contributed by atoms with Crippen LogP contribution in [0.5, 0.6) is 11.5 Å². The highest BCUT2D eigenvalue weighted by Gasteiger charge is 2.37. The van der Waals surface area contributed by atoms with Gasteiger partial charge in [0.15, 0.2) is 11.5 Å². The molecule has 3 rings (SSSR count). The minimum atomic E-state index is -0.836. The van der Waals surface area contributed by atoms with E-state index in [0.29, 0.717) is 21.5 Å². The Hall–Kier alpha value is -3.51. The summed E-state index contributed by atoms with van der Waals surface area (Å²) in [6.07, 6.45) is 0. The van der Waals surface area contributed by atoms with Crippen LogP contribution in [-0.4, -0.2) is 19.7 Å². The standard InChI is InChI=1S/C24H22BrFN2O5/c1-4-31-24(29)21-13(2)33-23(28)17(11-27)22(21)16-9-19(30-3)20(10-18(16)25)32-12-14-5-7-15(26)8-6-14/h5-10,22H,4,12,28H2,1-3H3. The molecule has 1 heterocycles. The molecular weight excluding hydrogens is 495 g/mol. The van der Waals surface area contributed by atoms with Gasteiger partial charge in [-0.05, 0) is 49.2 Å². The first kappa shape index (κ1) is 24.1. The van der Waals surface area contributed by atoms with Crippen LogP contribution in [-0.2, 0) is 20.9 Å². The molecule has 9 heteroatoms. The van der Waals surface area contributed by atoms with Crippen molar-refractivity contribution in [1.82, 2.24) is 0 Å². The third-order valence-corrected chi connectivity index (χ3v) is 5.69.